The van der Waals surface area contributed by atoms with Gasteiger partial charge in [0.15, 0.2) is 0 Å². The fraction of sp³-hybridized carbons (Fsp3) is 0.0741. The molecule has 2 heterocycles. The summed E-state index contributed by atoms with van der Waals surface area (Å²) < 4.78 is 0. The number of aromatic nitrogens is 2. The summed E-state index contributed by atoms with van der Waals surface area (Å²) >= 11 is 9.32. The molecular formula is C27H20ClN3S2. The Bertz CT molecular complexity index is 1390. The summed E-state index contributed by atoms with van der Waals surface area (Å²) in [4.78, 5) is 15.2. The molecule has 0 radical (unpaired) electrons. The minimum atomic E-state index is 0.753. The lowest BCUT2D eigenvalue weighted by Crippen LogP contribution is -1.87. The maximum atomic E-state index is 5.98. The van der Waals surface area contributed by atoms with Crippen molar-refractivity contribution in [2.75, 3.05) is 0 Å². The summed E-state index contributed by atoms with van der Waals surface area (Å²) in [5.74, 6) is 0. The van der Waals surface area contributed by atoms with E-state index < -0.39 is 0 Å². The van der Waals surface area contributed by atoms with Gasteiger partial charge < -0.3 is 0 Å². The van der Waals surface area contributed by atoms with Crippen LogP contribution in [0.5, 0.6) is 0 Å². The van der Waals surface area contributed by atoms with E-state index in [2.05, 4.69) is 34.6 Å². The Labute approximate surface area is 206 Å². The van der Waals surface area contributed by atoms with Crippen molar-refractivity contribution in [2.24, 2.45) is 4.99 Å². The van der Waals surface area contributed by atoms with Crippen LogP contribution < -0.4 is 0 Å². The van der Waals surface area contributed by atoms with Crippen molar-refractivity contribution < 1.29 is 0 Å². The molecule has 5 rings (SSSR count). The van der Waals surface area contributed by atoms with Crippen LogP contribution in [-0.4, -0.2) is 16.2 Å². The third-order valence-corrected chi connectivity index (χ3v) is 7.41. The molecule has 0 aliphatic carbocycles. The zero-order chi connectivity index (χ0) is 22.6. The number of nitrogens with zero attached hydrogens (tertiary/aromatic N) is 3. The lowest BCUT2D eigenvalue weighted by molar-refractivity contribution is 1.14. The van der Waals surface area contributed by atoms with E-state index in [0.717, 1.165) is 54.5 Å². The van der Waals surface area contributed by atoms with Gasteiger partial charge >= 0.3 is 0 Å². The first-order chi connectivity index (χ1) is 16.1. The van der Waals surface area contributed by atoms with Gasteiger partial charge in [0.05, 0.1) is 27.0 Å². The summed E-state index contributed by atoms with van der Waals surface area (Å²) in [6, 6.07) is 26.4. The van der Waals surface area contributed by atoms with Gasteiger partial charge in [-0.3, -0.25) is 4.99 Å². The average Bonchev–Trinajstić information content (AvgIpc) is 3.47. The molecule has 0 aliphatic heterocycles. The first-order valence-corrected chi connectivity index (χ1v) is 12.6. The molecule has 0 saturated carbocycles. The quantitative estimate of drug-likeness (QED) is 0.227. The lowest BCUT2D eigenvalue weighted by Gasteiger charge is -1.99. The average molecular weight is 486 g/mol. The number of thiazole rings is 2. The summed E-state index contributed by atoms with van der Waals surface area (Å²) in [6.07, 6.45) is 2.71. The van der Waals surface area contributed by atoms with E-state index >= 15 is 0 Å². The van der Waals surface area contributed by atoms with E-state index in [4.69, 9.17) is 21.6 Å². The van der Waals surface area contributed by atoms with Crippen LogP contribution >= 0.6 is 34.3 Å². The van der Waals surface area contributed by atoms with Crippen LogP contribution in [0.25, 0.3) is 21.8 Å². The molecule has 0 amide bonds. The Morgan fingerprint density at radius 3 is 2.39 bits per heavy atom. The van der Waals surface area contributed by atoms with Crippen molar-refractivity contribution in [1.82, 2.24) is 9.97 Å². The molecule has 5 aromatic rings. The molecule has 162 valence electrons. The molecule has 0 unspecified atom stereocenters. The van der Waals surface area contributed by atoms with E-state index in [1.54, 1.807) is 22.7 Å². The van der Waals surface area contributed by atoms with Gasteiger partial charge in [-0.1, -0.05) is 66.2 Å². The van der Waals surface area contributed by atoms with Crippen LogP contribution in [0.15, 0.2) is 89.2 Å². The Hall–Kier alpha value is -3.12. The van der Waals surface area contributed by atoms with Crippen molar-refractivity contribution in [3.63, 3.8) is 0 Å². The second-order valence-electron chi connectivity index (χ2n) is 7.57. The fourth-order valence-electron chi connectivity index (χ4n) is 3.39. The van der Waals surface area contributed by atoms with Crippen LogP contribution in [0.4, 0.5) is 5.69 Å². The smallest absolute Gasteiger partial charge is 0.124 e. The van der Waals surface area contributed by atoms with E-state index in [9.17, 15) is 0 Å². The molecule has 0 atom stereocenters. The van der Waals surface area contributed by atoms with Gasteiger partial charge in [0.25, 0.3) is 0 Å². The monoisotopic (exact) mass is 485 g/mol. The van der Waals surface area contributed by atoms with Gasteiger partial charge in [-0.05, 0) is 36.8 Å². The molecule has 3 nitrogen and oxygen atoms in total. The molecule has 6 heteroatoms. The molecule has 3 aromatic carbocycles. The van der Waals surface area contributed by atoms with Crippen molar-refractivity contribution in [3.05, 3.63) is 110 Å². The molecule has 0 bridgehead atoms. The molecule has 0 spiro atoms. The molecule has 33 heavy (non-hydrogen) atoms. The number of benzene rings is 3. The highest BCUT2D eigenvalue weighted by Crippen LogP contribution is 2.28. The highest BCUT2D eigenvalue weighted by molar-refractivity contribution is 7.16. The van der Waals surface area contributed by atoms with Crippen LogP contribution in [0.1, 0.15) is 21.1 Å². The Balaban J connectivity index is 1.28. The SMILES string of the molecule is Cc1nc(-c2ccccc2)sc1C=Nc1ccc(-c2csc(Cc3ccc(Cl)cc3)n2)cc1. The number of hydrogen-bond donors (Lipinski definition) is 0. The van der Waals surface area contributed by atoms with E-state index in [-0.39, 0.29) is 0 Å². The maximum absolute atomic E-state index is 5.98. The second-order valence-corrected chi connectivity index (χ2v) is 9.98. The Morgan fingerprint density at radius 2 is 1.64 bits per heavy atom. The van der Waals surface area contributed by atoms with Crippen molar-refractivity contribution >= 4 is 46.2 Å². The van der Waals surface area contributed by atoms with Gasteiger partial charge in [-0.25, -0.2) is 9.97 Å². The van der Waals surface area contributed by atoms with Gasteiger partial charge in [0.1, 0.15) is 5.01 Å². The first kappa shape index (κ1) is 21.7. The number of halogens is 1. The second kappa shape index (κ2) is 9.79. The van der Waals surface area contributed by atoms with Crippen LogP contribution in [0.3, 0.4) is 0 Å². The summed E-state index contributed by atoms with van der Waals surface area (Å²) in [5, 5.41) is 4.96. The summed E-state index contributed by atoms with van der Waals surface area (Å²) in [5.41, 5.74) is 6.32. The molecule has 0 fully saturated rings. The molecule has 0 saturated heterocycles. The highest BCUT2D eigenvalue weighted by atomic mass is 35.5. The predicted molar refractivity (Wildman–Crippen MR) is 141 cm³/mol. The van der Waals surface area contributed by atoms with E-state index in [1.165, 1.54) is 5.56 Å². The number of aryl methyl sites for hydroxylation is 1. The maximum Gasteiger partial charge on any atom is 0.124 e. The van der Waals surface area contributed by atoms with Crippen LogP contribution in [0.2, 0.25) is 5.02 Å². The standard InChI is InChI=1S/C27H20ClN3S2/c1-18-25(33-27(30-18)21-5-3-2-4-6-21)16-29-23-13-9-20(10-14-23)24-17-32-26(31-24)15-19-7-11-22(28)12-8-19/h2-14,16-17H,15H2,1H3. The lowest BCUT2D eigenvalue weighted by atomic mass is 10.1. The topological polar surface area (TPSA) is 38.1 Å². The first-order valence-electron chi connectivity index (χ1n) is 10.5. The summed E-state index contributed by atoms with van der Waals surface area (Å²) in [6.45, 7) is 2.03. The minimum Gasteiger partial charge on any atom is -0.255 e. The molecule has 0 N–H and O–H groups in total. The molecule has 2 aromatic heterocycles. The number of hydrogen-bond acceptors (Lipinski definition) is 5. The third-order valence-electron chi connectivity index (χ3n) is 5.17. The largest absolute Gasteiger partial charge is 0.255 e. The third kappa shape index (κ3) is 5.28. The van der Waals surface area contributed by atoms with E-state index in [1.807, 2.05) is 67.7 Å². The molecule has 0 aliphatic rings. The Morgan fingerprint density at radius 1 is 0.879 bits per heavy atom. The van der Waals surface area contributed by atoms with Gasteiger partial charge in [0.2, 0.25) is 0 Å². The number of rotatable bonds is 6. The van der Waals surface area contributed by atoms with Crippen LogP contribution in [-0.2, 0) is 6.42 Å². The normalized spacial score (nSPS) is 11.3. The van der Waals surface area contributed by atoms with Crippen molar-refractivity contribution in [2.45, 2.75) is 13.3 Å². The van der Waals surface area contributed by atoms with E-state index in [0.29, 0.717) is 0 Å². The minimum absolute atomic E-state index is 0.753. The zero-order valence-electron chi connectivity index (χ0n) is 17.9. The highest BCUT2D eigenvalue weighted by Gasteiger charge is 2.08. The predicted octanol–water partition coefficient (Wildman–Crippen LogP) is 8.24. The summed E-state index contributed by atoms with van der Waals surface area (Å²) in [7, 11) is 0. The molecular weight excluding hydrogens is 466 g/mol. The van der Waals surface area contributed by atoms with Gasteiger partial charge in [-0.15, -0.1) is 22.7 Å². The Kier molecular flexibility index (Phi) is 6.44. The van der Waals surface area contributed by atoms with Crippen molar-refractivity contribution in [3.8, 4) is 21.8 Å². The fourth-order valence-corrected chi connectivity index (χ4v) is 5.29. The van der Waals surface area contributed by atoms with Crippen molar-refractivity contribution in [1.29, 1.82) is 0 Å². The van der Waals surface area contributed by atoms with Gasteiger partial charge in [0, 0.05) is 34.2 Å². The van der Waals surface area contributed by atoms with Gasteiger partial charge in [-0.2, -0.15) is 0 Å². The zero-order valence-corrected chi connectivity index (χ0v) is 20.3. The van der Waals surface area contributed by atoms with Crippen LogP contribution in [0, 0.1) is 6.92 Å². The number of aliphatic imine (C=N–C) groups is 1.